The Hall–Kier alpha value is -0.870. The van der Waals surface area contributed by atoms with Crippen molar-refractivity contribution in [3.8, 4) is 0 Å². The van der Waals surface area contributed by atoms with E-state index in [4.69, 9.17) is 5.73 Å². The van der Waals surface area contributed by atoms with Crippen LogP contribution in [0.3, 0.4) is 0 Å². The zero-order chi connectivity index (χ0) is 13.0. The van der Waals surface area contributed by atoms with E-state index in [0.717, 1.165) is 25.7 Å². The molecule has 4 heteroatoms. The van der Waals surface area contributed by atoms with Crippen molar-refractivity contribution >= 4 is 17.2 Å². The van der Waals surface area contributed by atoms with Crippen LogP contribution in [-0.4, -0.2) is 11.9 Å². The average Bonchev–Trinajstić information content (AvgIpc) is 2.64. The van der Waals surface area contributed by atoms with Crippen LogP contribution in [0.5, 0.6) is 0 Å². The molecule has 2 atom stereocenters. The lowest BCUT2D eigenvalue weighted by atomic mass is 9.94. The second-order valence-electron chi connectivity index (χ2n) is 5.14. The summed E-state index contributed by atoms with van der Waals surface area (Å²) in [4.78, 5) is 14.6. The number of aryl methyl sites for hydroxylation is 1. The smallest absolute Gasteiger partial charge is 0.224 e. The summed E-state index contributed by atoms with van der Waals surface area (Å²) in [7, 11) is 0. The first-order chi connectivity index (χ1) is 8.66. The van der Waals surface area contributed by atoms with Gasteiger partial charge < -0.3 is 11.1 Å². The predicted octanol–water partition coefficient (Wildman–Crippen LogP) is 2.58. The molecule has 0 bridgehead atoms. The molecule has 0 spiro atoms. The Morgan fingerprint density at radius 2 is 2.17 bits per heavy atom. The van der Waals surface area contributed by atoms with Crippen molar-refractivity contribution in [2.45, 2.75) is 51.6 Å². The highest BCUT2D eigenvalue weighted by atomic mass is 32.1. The van der Waals surface area contributed by atoms with Crippen molar-refractivity contribution in [1.29, 1.82) is 0 Å². The van der Waals surface area contributed by atoms with Gasteiger partial charge in [-0.05, 0) is 31.9 Å². The number of rotatable bonds is 3. The summed E-state index contributed by atoms with van der Waals surface area (Å²) in [5, 5.41) is 3.03. The van der Waals surface area contributed by atoms with Crippen molar-refractivity contribution < 1.29 is 4.79 Å². The molecule has 1 aliphatic rings. The van der Waals surface area contributed by atoms with Crippen LogP contribution in [-0.2, 0) is 11.3 Å². The second-order valence-corrected chi connectivity index (χ2v) is 6.51. The Morgan fingerprint density at radius 3 is 2.89 bits per heavy atom. The van der Waals surface area contributed by atoms with Gasteiger partial charge >= 0.3 is 0 Å². The van der Waals surface area contributed by atoms with E-state index in [2.05, 4.69) is 24.4 Å². The van der Waals surface area contributed by atoms with Gasteiger partial charge in [0.1, 0.15) is 0 Å². The van der Waals surface area contributed by atoms with Crippen LogP contribution in [0.25, 0.3) is 0 Å². The first-order valence-electron chi connectivity index (χ1n) is 6.75. The van der Waals surface area contributed by atoms with Gasteiger partial charge in [0.05, 0.1) is 12.5 Å². The monoisotopic (exact) mass is 266 g/mol. The van der Waals surface area contributed by atoms with Crippen LogP contribution in [0.2, 0.25) is 0 Å². The number of nitrogens with one attached hydrogen (secondary N) is 1. The van der Waals surface area contributed by atoms with Crippen LogP contribution in [0, 0.1) is 12.8 Å². The van der Waals surface area contributed by atoms with Gasteiger partial charge in [0.25, 0.3) is 0 Å². The van der Waals surface area contributed by atoms with E-state index in [1.165, 1.54) is 16.2 Å². The standard InChI is InChI=1S/C14H22N2OS/c1-10-7-8-11(18-10)9-16-14(17)12-5-3-2-4-6-13(12)15/h7-8,12-13H,2-6,9,15H2,1H3,(H,16,17). The van der Waals surface area contributed by atoms with Crippen molar-refractivity contribution in [1.82, 2.24) is 5.32 Å². The zero-order valence-electron chi connectivity index (χ0n) is 10.9. The molecule has 2 rings (SSSR count). The highest BCUT2D eigenvalue weighted by Gasteiger charge is 2.26. The summed E-state index contributed by atoms with van der Waals surface area (Å²) in [6.07, 6.45) is 5.42. The van der Waals surface area contributed by atoms with Crippen LogP contribution in [0.4, 0.5) is 0 Å². The number of hydrogen-bond acceptors (Lipinski definition) is 3. The Labute approximate surface area is 113 Å². The molecule has 3 nitrogen and oxygen atoms in total. The summed E-state index contributed by atoms with van der Waals surface area (Å²) >= 11 is 1.74. The Kier molecular flexibility index (Phi) is 4.78. The fourth-order valence-electron chi connectivity index (χ4n) is 2.55. The third-order valence-corrected chi connectivity index (χ3v) is 4.64. The fraction of sp³-hybridized carbons (Fsp3) is 0.643. The second kappa shape index (κ2) is 6.34. The number of carbonyl (C=O) groups excluding carboxylic acids is 1. The van der Waals surface area contributed by atoms with E-state index in [1.807, 2.05) is 0 Å². The third-order valence-electron chi connectivity index (χ3n) is 3.64. The number of amides is 1. The SMILES string of the molecule is Cc1ccc(CNC(=O)C2CCCCCC2N)s1. The van der Waals surface area contributed by atoms with Crippen molar-refractivity contribution in [3.05, 3.63) is 21.9 Å². The molecule has 3 N–H and O–H groups in total. The number of hydrogen-bond donors (Lipinski definition) is 2. The summed E-state index contributed by atoms with van der Waals surface area (Å²) in [5.41, 5.74) is 6.09. The first kappa shape index (κ1) is 13.6. The molecule has 0 aliphatic heterocycles. The quantitative estimate of drug-likeness (QED) is 0.826. The van der Waals surface area contributed by atoms with E-state index in [9.17, 15) is 4.79 Å². The van der Waals surface area contributed by atoms with Crippen LogP contribution in [0.15, 0.2) is 12.1 Å². The highest BCUT2D eigenvalue weighted by molar-refractivity contribution is 7.11. The lowest BCUT2D eigenvalue weighted by molar-refractivity contribution is -0.125. The van der Waals surface area contributed by atoms with Crippen LogP contribution in [0.1, 0.15) is 41.9 Å². The van der Waals surface area contributed by atoms with Gasteiger partial charge in [0, 0.05) is 15.8 Å². The third kappa shape index (κ3) is 3.56. The molecule has 0 aromatic carbocycles. The van der Waals surface area contributed by atoms with Gasteiger partial charge in [-0.25, -0.2) is 0 Å². The molecule has 1 fully saturated rings. The van der Waals surface area contributed by atoms with Crippen LogP contribution >= 0.6 is 11.3 Å². The highest BCUT2D eigenvalue weighted by Crippen LogP contribution is 2.22. The molecule has 1 aliphatic carbocycles. The van der Waals surface area contributed by atoms with Crippen LogP contribution < -0.4 is 11.1 Å². The zero-order valence-corrected chi connectivity index (χ0v) is 11.8. The Morgan fingerprint density at radius 1 is 1.39 bits per heavy atom. The van der Waals surface area contributed by atoms with E-state index < -0.39 is 0 Å². The van der Waals surface area contributed by atoms with Gasteiger partial charge in [-0.3, -0.25) is 4.79 Å². The minimum Gasteiger partial charge on any atom is -0.351 e. The molecular weight excluding hydrogens is 244 g/mol. The van der Waals surface area contributed by atoms with E-state index in [-0.39, 0.29) is 17.9 Å². The molecular formula is C14H22N2OS. The van der Waals surface area contributed by atoms with Crippen molar-refractivity contribution in [3.63, 3.8) is 0 Å². The lowest BCUT2D eigenvalue weighted by Gasteiger charge is -2.20. The molecule has 1 aromatic rings. The molecule has 1 amide bonds. The molecule has 1 saturated carbocycles. The normalized spacial score (nSPS) is 24.6. The minimum absolute atomic E-state index is 0.00793. The van der Waals surface area contributed by atoms with E-state index in [1.54, 1.807) is 11.3 Å². The minimum atomic E-state index is 0.00793. The molecule has 0 radical (unpaired) electrons. The van der Waals surface area contributed by atoms with Crippen molar-refractivity contribution in [2.75, 3.05) is 0 Å². The maximum absolute atomic E-state index is 12.2. The molecule has 18 heavy (non-hydrogen) atoms. The van der Waals surface area contributed by atoms with Gasteiger partial charge in [0.2, 0.25) is 5.91 Å². The molecule has 2 unspecified atom stereocenters. The molecule has 100 valence electrons. The van der Waals surface area contributed by atoms with Gasteiger partial charge in [-0.1, -0.05) is 19.3 Å². The predicted molar refractivity (Wildman–Crippen MR) is 75.5 cm³/mol. The first-order valence-corrected chi connectivity index (χ1v) is 7.57. The van der Waals surface area contributed by atoms with Gasteiger partial charge in [-0.15, -0.1) is 11.3 Å². The summed E-state index contributed by atoms with van der Waals surface area (Å²) in [5.74, 6) is 0.143. The van der Waals surface area contributed by atoms with E-state index >= 15 is 0 Å². The van der Waals surface area contributed by atoms with Gasteiger partial charge in [0.15, 0.2) is 0 Å². The van der Waals surface area contributed by atoms with E-state index in [0.29, 0.717) is 6.54 Å². The fourth-order valence-corrected chi connectivity index (χ4v) is 3.38. The summed E-state index contributed by atoms with van der Waals surface area (Å²) < 4.78 is 0. The molecule has 0 saturated heterocycles. The molecule has 1 aromatic heterocycles. The van der Waals surface area contributed by atoms with Crippen molar-refractivity contribution in [2.24, 2.45) is 11.7 Å². The largest absolute Gasteiger partial charge is 0.351 e. The maximum atomic E-state index is 12.2. The lowest BCUT2D eigenvalue weighted by Crippen LogP contribution is -2.40. The van der Waals surface area contributed by atoms with Gasteiger partial charge in [-0.2, -0.15) is 0 Å². The summed E-state index contributed by atoms with van der Waals surface area (Å²) in [6, 6.07) is 4.20. The topological polar surface area (TPSA) is 55.1 Å². The molecule has 1 heterocycles. The number of nitrogens with two attached hydrogens (primary N) is 1. The Bertz CT molecular complexity index is 402. The average molecular weight is 266 g/mol. The summed E-state index contributed by atoms with van der Waals surface area (Å²) in [6.45, 7) is 2.72. The Balaban J connectivity index is 1.86. The number of thiophene rings is 1. The number of carbonyl (C=O) groups is 1. The maximum Gasteiger partial charge on any atom is 0.224 e.